The second-order valence-electron chi connectivity index (χ2n) is 2.49. The first-order chi connectivity index (χ1) is 4.97. The van der Waals surface area contributed by atoms with Gasteiger partial charge in [0.2, 0.25) is 0 Å². The van der Waals surface area contributed by atoms with Gasteiger partial charge in [0.1, 0.15) is 5.37 Å². The van der Waals surface area contributed by atoms with Crippen LogP contribution in [0.3, 0.4) is 0 Å². The van der Waals surface area contributed by atoms with E-state index in [0.717, 1.165) is 32.6 Å². The second-order valence-corrected chi connectivity index (χ2v) is 3.46. The van der Waals surface area contributed by atoms with Crippen LogP contribution >= 0.6 is 12.0 Å². The van der Waals surface area contributed by atoms with Gasteiger partial charge < -0.3 is 4.18 Å². The maximum atomic E-state index is 5.37. The van der Waals surface area contributed by atoms with Crippen LogP contribution in [0, 0.1) is 0 Å². The van der Waals surface area contributed by atoms with Crippen molar-refractivity contribution in [2.75, 3.05) is 19.8 Å². The molecule has 0 spiro atoms. The first kappa shape index (κ1) is 6.91. The van der Waals surface area contributed by atoms with Gasteiger partial charge in [0.15, 0.2) is 0 Å². The van der Waals surface area contributed by atoms with Gasteiger partial charge in [-0.15, -0.1) is 0 Å². The summed E-state index contributed by atoms with van der Waals surface area (Å²) < 4.78 is 5.16. The van der Waals surface area contributed by atoms with Crippen LogP contribution < -0.4 is 0 Å². The van der Waals surface area contributed by atoms with Crippen LogP contribution in [0.15, 0.2) is 0 Å². The molecule has 2 heterocycles. The first-order valence-corrected chi connectivity index (χ1v) is 4.45. The molecule has 58 valence electrons. The van der Waals surface area contributed by atoms with Crippen molar-refractivity contribution in [2.45, 2.75) is 18.2 Å². The molecule has 2 saturated heterocycles. The van der Waals surface area contributed by atoms with Gasteiger partial charge in [-0.25, -0.2) is 0 Å². The Morgan fingerprint density at radius 1 is 1.40 bits per heavy atom. The average Bonchev–Trinajstić information content (AvgIpc) is 2.59. The molecule has 0 amide bonds. The molecule has 0 saturated carbocycles. The van der Waals surface area contributed by atoms with E-state index in [1.807, 2.05) is 5.06 Å². The van der Waals surface area contributed by atoms with Crippen LogP contribution in [0.5, 0.6) is 0 Å². The topological polar surface area (TPSA) is 21.7 Å². The molecule has 0 aromatic heterocycles. The zero-order chi connectivity index (χ0) is 6.81. The first-order valence-electron chi connectivity index (χ1n) is 3.64. The monoisotopic (exact) mass is 161 g/mol. The van der Waals surface area contributed by atoms with E-state index in [2.05, 4.69) is 0 Å². The number of nitrogens with zero attached hydrogens (tertiary/aromatic N) is 1. The maximum Gasteiger partial charge on any atom is 0.109 e. The lowest BCUT2D eigenvalue weighted by atomic mass is 10.4. The van der Waals surface area contributed by atoms with E-state index >= 15 is 0 Å². The van der Waals surface area contributed by atoms with Crippen LogP contribution in [0.4, 0.5) is 0 Å². The quantitative estimate of drug-likeness (QED) is 0.535. The lowest BCUT2D eigenvalue weighted by molar-refractivity contribution is -0.118. The summed E-state index contributed by atoms with van der Waals surface area (Å²) in [4.78, 5) is 5.37. The number of hydroxylamine groups is 2. The van der Waals surface area contributed by atoms with Gasteiger partial charge in [-0.1, -0.05) is 0 Å². The van der Waals surface area contributed by atoms with Crippen LogP contribution in [0.2, 0.25) is 0 Å². The van der Waals surface area contributed by atoms with Crippen molar-refractivity contribution < 1.29 is 9.02 Å². The Morgan fingerprint density at radius 2 is 2.40 bits per heavy atom. The van der Waals surface area contributed by atoms with Crippen molar-refractivity contribution in [1.29, 1.82) is 0 Å². The predicted octanol–water partition coefficient (Wildman–Crippen LogP) is 1.02. The molecule has 2 aliphatic rings. The summed E-state index contributed by atoms with van der Waals surface area (Å²) >= 11 is 1.54. The van der Waals surface area contributed by atoms with Gasteiger partial charge in [-0.05, 0) is 6.42 Å². The molecule has 0 N–H and O–H groups in total. The molecule has 0 radical (unpaired) electrons. The van der Waals surface area contributed by atoms with Crippen molar-refractivity contribution in [1.82, 2.24) is 5.06 Å². The van der Waals surface area contributed by atoms with E-state index in [-0.39, 0.29) is 0 Å². The lowest BCUT2D eigenvalue weighted by Crippen LogP contribution is -2.26. The molecular weight excluding hydrogens is 150 g/mol. The third-order valence-electron chi connectivity index (χ3n) is 1.73. The molecule has 10 heavy (non-hydrogen) atoms. The van der Waals surface area contributed by atoms with Crippen LogP contribution in [0.25, 0.3) is 0 Å². The molecule has 0 aromatic rings. The van der Waals surface area contributed by atoms with Gasteiger partial charge in [-0.2, -0.15) is 5.06 Å². The molecule has 2 fully saturated rings. The minimum Gasteiger partial charge on any atom is -0.314 e. The van der Waals surface area contributed by atoms with E-state index in [4.69, 9.17) is 9.02 Å². The second kappa shape index (κ2) is 3.09. The van der Waals surface area contributed by atoms with Gasteiger partial charge in [-0.3, -0.25) is 4.84 Å². The van der Waals surface area contributed by atoms with E-state index in [1.165, 1.54) is 0 Å². The average molecular weight is 161 g/mol. The highest BCUT2D eigenvalue weighted by Gasteiger charge is 2.27. The van der Waals surface area contributed by atoms with E-state index in [9.17, 15) is 0 Å². The Morgan fingerprint density at radius 3 is 3.00 bits per heavy atom. The zero-order valence-corrected chi connectivity index (χ0v) is 6.60. The Bertz CT molecular complexity index is 96.3. The number of hydrogen-bond acceptors (Lipinski definition) is 4. The largest absolute Gasteiger partial charge is 0.314 e. The Hall–Kier alpha value is 0.230. The highest BCUT2D eigenvalue weighted by Crippen LogP contribution is 2.29. The maximum absolute atomic E-state index is 5.37. The van der Waals surface area contributed by atoms with Crippen molar-refractivity contribution in [3.05, 3.63) is 0 Å². The van der Waals surface area contributed by atoms with E-state index in [0.29, 0.717) is 5.37 Å². The van der Waals surface area contributed by atoms with Crippen molar-refractivity contribution in [3.63, 3.8) is 0 Å². The Labute approximate surface area is 64.8 Å². The normalized spacial score (nSPS) is 35.4. The Kier molecular flexibility index (Phi) is 2.13. The van der Waals surface area contributed by atoms with Crippen LogP contribution in [0.1, 0.15) is 12.8 Å². The summed E-state index contributed by atoms with van der Waals surface area (Å²) in [6.45, 7) is 2.83. The van der Waals surface area contributed by atoms with E-state index < -0.39 is 0 Å². The van der Waals surface area contributed by atoms with Gasteiger partial charge in [0, 0.05) is 25.0 Å². The smallest absolute Gasteiger partial charge is 0.109 e. The fraction of sp³-hybridized carbons (Fsp3) is 1.00. The SMILES string of the molecule is C1CON(C2CCOS2)C1. The van der Waals surface area contributed by atoms with Crippen molar-refractivity contribution in [2.24, 2.45) is 0 Å². The van der Waals surface area contributed by atoms with Gasteiger partial charge >= 0.3 is 0 Å². The lowest BCUT2D eigenvalue weighted by Gasteiger charge is -2.17. The van der Waals surface area contributed by atoms with Gasteiger partial charge in [0.25, 0.3) is 0 Å². The fourth-order valence-electron chi connectivity index (χ4n) is 1.21. The Balaban J connectivity index is 1.85. The fourth-order valence-corrected chi connectivity index (χ4v) is 2.01. The highest BCUT2D eigenvalue weighted by atomic mass is 32.2. The van der Waals surface area contributed by atoms with Crippen molar-refractivity contribution >= 4 is 12.0 Å². The molecule has 0 bridgehead atoms. The molecule has 4 heteroatoms. The summed E-state index contributed by atoms with van der Waals surface area (Å²) in [5.41, 5.74) is 0. The minimum atomic E-state index is 0.461. The summed E-state index contributed by atoms with van der Waals surface area (Å²) in [6.07, 6.45) is 2.27. The third-order valence-corrected chi connectivity index (χ3v) is 2.72. The summed E-state index contributed by atoms with van der Waals surface area (Å²) in [7, 11) is 0. The molecule has 0 aliphatic carbocycles. The molecular formula is C6H11NO2S. The summed E-state index contributed by atoms with van der Waals surface area (Å²) in [5, 5.41) is 2.50. The standard InChI is InChI=1S/C6H11NO2S/c1-3-7(8-4-1)6-2-5-9-10-6/h6H,1-5H2. The third kappa shape index (κ3) is 1.29. The molecule has 1 unspecified atom stereocenters. The predicted molar refractivity (Wildman–Crippen MR) is 39.2 cm³/mol. The van der Waals surface area contributed by atoms with Gasteiger partial charge in [0.05, 0.1) is 13.2 Å². The number of rotatable bonds is 1. The summed E-state index contributed by atoms with van der Waals surface area (Å²) in [5.74, 6) is 0. The molecule has 0 aromatic carbocycles. The highest BCUT2D eigenvalue weighted by molar-refractivity contribution is 7.95. The zero-order valence-electron chi connectivity index (χ0n) is 5.78. The molecule has 3 nitrogen and oxygen atoms in total. The van der Waals surface area contributed by atoms with Crippen molar-refractivity contribution in [3.8, 4) is 0 Å². The molecule has 2 aliphatic heterocycles. The molecule has 1 atom stereocenters. The van der Waals surface area contributed by atoms with Crippen LogP contribution in [-0.4, -0.2) is 30.2 Å². The van der Waals surface area contributed by atoms with E-state index in [1.54, 1.807) is 12.0 Å². The number of hydrogen-bond donors (Lipinski definition) is 0. The minimum absolute atomic E-state index is 0.461. The summed E-state index contributed by atoms with van der Waals surface area (Å²) in [6, 6.07) is 0. The van der Waals surface area contributed by atoms with Crippen LogP contribution in [-0.2, 0) is 9.02 Å². The molecule has 2 rings (SSSR count).